The number of rotatable bonds is 3. The smallest absolute Gasteiger partial charge is 0.118 e. The minimum Gasteiger partial charge on any atom is -0.497 e. The van der Waals surface area contributed by atoms with Crippen LogP contribution in [0.25, 0.3) is 0 Å². The van der Waals surface area contributed by atoms with Crippen molar-refractivity contribution in [1.82, 2.24) is 0 Å². The van der Waals surface area contributed by atoms with Crippen molar-refractivity contribution in [2.75, 3.05) is 18.6 Å². The lowest BCUT2D eigenvalue weighted by Crippen LogP contribution is -2.23. The van der Waals surface area contributed by atoms with Crippen molar-refractivity contribution >= 4 is 11.4 Å². The Hall–Kier alpha value is -2.16. The molecule has 0 saturated heterocycles. The quantitative estimate of drug-likeness (QED) is 0.839. The molecule has 0 bridgehead atoms. The van der Waals surface area contributed by atoms with E-state index in [9.17, 15) is 0 Å². The summed E-state index contributed by atoms with van der Waals surface area (Å²) in [6, 6.07) is 11.9. The number of benzene rings is 2. The first-order chi connectivity index (χ1) is 9.37. The average molecular weight is 270 g/mol. The zero-order valence-electron chi connectivity index (χ0n) is 12.5. The molecule has 2 aromatic carbocycles. The number of anilines is 2. The molecule has 0 radical (unpaired) electrons. The maximum atomic E-state index is 6.26. The largest absolute Gasteiger partial charge is 0.497 e. The summed E-state index contributed by atoms with van der Waals surface area (Å²) in [5.74, 6) is 0.842. The van der Waals surface area contributed by atoms with Crippen LogP contribution in [0.15, 0.2) is 36.4 Å². The second kappa shape index (κ2) is 5.08. The van der Waals surface area contributed by atoms with Gasteiger partial charge in [0.2, 0.25) is 0 Å². The summed E-state index contributed by atoms with van der Waals surface area (Å²) in [6.07, 6.45) is 0. The summed E-state index contributed by atoms with van der Waals surface area (Å²) in [6.45, 7) is 6.27. The third-order valence-electron chi connectivity index (χ3n) is 3.93. The van der Waals surface area contributed by atoms with Gasteiger partial charge in [0.05, 0.1) is 7.11 Å². The first-order valence-electron chi connectivity index (χ1n) is 6.67. The molecule has 0 heterocycles. The fourth-order valence-electron chi connectivity index (χ4n) is 2.59. The fraction of sp³-hybridized carbons (Fsp3) is 0.294. The van der Waals surface area contributed by atoms with E-state index in [2.05, 4.69) is 26.0 Å². The molecule has 2 aromatic rings. The van der Waals surface area contributed by atoms with Gasteiger partial charge in [-0.05, 0) is 36.2 Å². The number of nitrogen functional groups attached to an aromatic ring is 2. The topological polar surface area (TPSA) is 61.3 Å². The van der Waals surface area contributed by atoms with E-state index in [1.54, 1.807) is 7.11 Å². The van der Waals surface area contributed by atoms with Gasteiger partial charge in [-0.2, -0.15) is 0 Å². The molecular weight excluding hydrogens is 248 g/mol. The number of methoxy groups -OCH3 is 1. The van der Waals surface area contributed by atoms with Crippen LogP contribution < -0.4 is 16.2 Å². The second-order valence-electron chi connectivity index (χ2n) is 5.61. The Morgan fingerprint density at radius 3 is 2.10 bits per heavy atom. The van der Waals surface area contributed by atoms with E-state index < -0.39 is 0 Å². The lowest BCUT2D eigenvalue weighted by atomic mass is 9.76. The highest BCUT2D eigenvalue weighted by molar-refractivity contribution is 5.69. The molecule has 0 aromatic heterocycles. The van der Waals surface area contributed by atoms with E-state index in [1.807, 2.05) is 31.2 Å². The Morgan fingerprint density at radius 2 is 1.55 bits per heavy atom. The monoisotopic (exact) mass is 270 g/mol. The van der Waals surface area contributed by atoms with Gasteiger partial charge in [0.15, 0.2) is 0 Å². The molecule has 3 heteroatoms. The summed E-state index contributed by atoms with van der Waals surface area (Å²) < 4.78 is 5.20. The number of hydrogen-bond acceptors (Lipinski definition) is 3. The van der Waals surface area contributed by atoms with Crippen molar-refractivity contribution in [1.29, 1.82) is 0 Å². The van der Waals surface area contributed by atoms with Crippen LogP contribution in [0.4, 0.5) is 11.4 Å². The van der Waals surface area contributed by atoms with Crippen molar-refractivity contribution in [2.24, 2.45) is 0 Å². The molecule has 0 aliphatic heterocycles. The van der Waals surface area contributed by atoms with Crippen molar-refractivity contribution in [2.45, 2.75) is 26.2 Å². The van der Waals surface area contributed by atoms with Gasteiger partial charge < -0.3 is 16.2 Å². The van der Waals surface area contributed by atoms with Gasteiger partial charge in [-0.3, -0.25) is 0 Å². The summed E-state index contributed by atoms with van der Waals surface area (Å²) in [4.78, 5) is 0. The van der Waals surface area contributed by atoms with Crippen LogP contribution in [0.5, 0.6) is 5.75 Å². The highest BCUT2D eigenvalue weighted by atomic mass is 16.5. The molecule has 0 saturated carbocycles. The Labute approximate surface area is 120 Å². The first kappa shape index (κ1) is 14.3. The summed E-state index contributed by atoms with van der Waals surface area (Å²) in [7, 11) is 1.66. The molecule has 3 nitrogen and oxygen atoms in total. The molecular formula is C17H22N2O. The van der Waals surface area contributed by atoms with E-state index in [4.69, 9.17) is 16.2 Å². The molecule has 106 valence electrons. The lowest BCUT2D eigenvalue weighted by Gasteiger charge is -2.29. The molecule has 0 aliphatic rings. The average Bonchev–Trinajstić information content (AvgIpc) is 2.43. The Bertz CT molecular complexity index is 616. The standard InChI is InChI=1S/C17H22N2O/c1-11-5-10-14(18)15(16(11)19)17(2,3)12-6-8-13(20-4)9-7-12/h5-10H,18-19H2,1-4H3. The molecule has 0 aliphatic carbocycles. The Morgan fingerprint density at radius 1 is 0.950 bits per heavy atom. The van der Waals surface area contributed by atoms with Gasteiger partial charge in [-0.25, -0.2) is 0 Å². The minimum absolute atomic E-state index is 0.257. The SMILES string of the molecule is COc1ccc(C(C)(C)c2c(N)ccc(C)c2N)cc1. The van der Waals surface area contributed by atoms with Crippen molar-refractivity contribution < 1.29 is 4.74 Å². The Kier molecular flexibility index (Phi) is 3.62. The second-order valence-corrected chi connectivity index (χ2v) is 5.61. The zero-order valence-corrected chi connectivity index (χ0v) is 12.5. The van der Waals surface area contributed by atoms with E-state index in [0.717, 1.165) is 33.8 Å². The van der Waals surface area contributed by atoms with Crippen LogP contribution in [0.2, 0.25) is 0 Å². The number of nitrogens with two attached hydrogens (primary N) is 2. The third-order valence-corrected chi connectivity index (χ3v) is 3.93. The molecule has 0 unspecified atom stereocenters. The molecule has 0 amide bonds. The van der Waals surface area contributed by atoms with Gasteiger partial charge in [0, 0.05) is 22.4 Å². The highest BCUT2D eigenvalue weighted by Gasteiger charge is 2.28. The molecule has 0 spiro atoms. The highest BCUT2D eigenvalue weighted by Crippen LogP contribution is 2.40. The van der Waals surface area contributed by atoms with E-state index in [-0.39, 0.29) is 5.41 Å². The van der Waals surface area contributed by atoms with Gasteiger partial charge >= 0.3 is 0 Å². The van der Waals surface area contributed by atoms with Gasteiger partial charge in [0.25, 0.3) is 0 Å². The normalized spacial score (nSPS) is 11.4. The van der Waals surface area contributed by atoms with Crippen LogP contribution in [0, 0.1) is 6.92 Å². The van der Waals surface area contributed by atoms with Crippen LogP contribution >= 0.6 is 0 Å². The summed E-state index contributed by atoms with van der Waals surface area (Å²) >= 11 is 0. The van der Waals surface area contributed by atoms with Crippen molar-refractivity contribution in [3.63, 3.8) is 0 Å². The third kappa shape index (κ3) is 2.31. The van der Waals surface area contributed by atoms with Gasteiger partial charge in [0.1, 0.15) is 5.75 Å². The van der Waals surface area contributed by atoms with Crippen molar-refractivity contribution in [3.8, 4) is 5.75 Å². The predicted molar refractivity (Wildman–Crippen MR) is 85.1 cm³/mol. The number of ether oxygens (including phenoxy) is 1. The predicted octanol–water partition coefficient (Wildman–Crippen LogP) is 3.49. The van der Waals surface area contributed by atoms with E-state index in [1.165, 1.54) is 0 Å². The zero-order chi connectivity index (χ0) is 14.9. The Balaban J connectivity index is 2.56. The summed E-state index contributed by atoms with van der Waals surface area (Å²) in [5.41, 5.74) is 16.9. The molecule has 4 N–H and O–H groups in total. The van der Waals surface area contributed by atoms with Crippen LogP contribution in [0.3, 0.4) is 0 Å². The number of hydrogen-bond donors (Lipinski definition) is 2. The maximum absolute atomic E-state index is 6.26. The molecule has 0 atom stereocenters. The molecule has 0 fully saturated rings. The van der Waals surface area contributed by atoms with Crippen molar-refractivity contribution in [3.05, 3.63) is 53.1 Å². The maximum Gasteiger partial charge on any atom is 0.118 e. The molecule has 20 heavy (non-hydrogen) atoms. The van der Waals surface area contributed by atoms with Gasteiger partial charge in [-0.15, -0.1) is 0 Å². The van der Waals surface area contributed by atoms with Crippen LogP contribution in [-0.4, -0.2) is 7.11 Å². The van der Waals surface area contributed by atoms with Gasteiger partial charge in [-0.1, -0.05) is 32.0 Å². The lowest BCUT2D eigenvalue weighted by molar-refractivity contribution is 0.414. The number of aryl methyl sites for hydroxylation is 1. The first-order valence-corrected chi connectivity index (χ1v) is 6.67. The fourth-order valence-corrected chi connectivity index (χ4v) is 2.59. The van der Waals surface area contributed by atoms with Crippen LogP contribution in [-0.2, 0) is 5.41 Å². The minimum atomic E-state index is -0.257. The van der Waals surface area contributed by atoms with Crippen LogP contribution in [0.1, 0.15) is 30.5 Å². The van der Waals surface area contributed by atoms with E-state index >= 15 is 0 Å². The molecule has 2 rings (SSSR count). The van der Waals surface area contributed by atoms with E-state index in [0.29, 0.717) is 0 Å². The summed E-state index contributed by atoms with van der Waals surface area (Å²) in [5, 5.41) is 0.